The monoisotopic (exact) mass is 244 g/mol. The molecule has 0 amide bonds. The van der Waals surface area contributed by atoms with Crippen molar-refractivity contribution >= 4 is 11.6 Å². The van der Waals surface area contributed by atoms with Gasteiger partial charge in [-0.05, 0) is 28.8 Å². The maximum Gasteiger partial charge on any atom is 0.0873 e. The van der Waals surface area contributed by atoms with Gasteiger partial charge in [0.2, 0.25) is 0 Å². The van der Waals surface area contributed by atoms with Crippen LogP contribution in [-0.2, 0) is 17.8 Å². The Labute approximate surface area is 106 Å². The van der Waals surface area contributed by atoms with Gasteiger partial charge in [0.1, 0.15) is 0 Å². The highest BCUT2D eigenvalue weighted by molar-refractivity contribution is 6.30. The predicted molar refractivity (Wildman–Crippen MR) is 69.1 cm³/mol. The third-order valence-electron chi connectivity index (χ3n) is 3.18. The van der Waals surface area contributed by atoms with E-state index in [9.17, 15) is 0 Å². The molecule has 86 valence electrons. The molecule has 0 radical (unpaired) electrons. The normalized spacial score (nSPS) is 18.1. The summed E-state index contributed by atoms with van der Waals surface area (Å²) >= 11 is 5.88. The van der Waals surface area contributed by atoms with Crippen LogP contribution in [0.25, 0.3) is 0 Å². The van der Waals surface area contributed by atoms with Crippen LogP contribution in [0, 0.1) is 0 Å². The summed E-state index contributed by atoms with van der Waals surface area (Å²) in [5.41, 5.74) is 3.89. The van der Waals surface area contributed by atoms with Gasteiger partial charge < -0.3 is 4.74 Å². The molecule has 0 N–H and O–H groups in total. The summed E-state index contributed by atoms with van der Waals surface area (Å²) in [5, 5.41) is 0.779. The van der Waals surface area contributed by atoms with Crippen LogP contribution in [0.15, 0.2) is 48.5 Å². The van der Waals surface area contributed by atoms with E-state index < -0.39 is 0 Å². The maximum absolute atomic E-state index is 5.88. The molecule has 1 heterocycles. The van der Waals surface area contributed by atoms with Crippen molar-refractivity contribution in [3.63, 3.8) is 0 Å². The first-order chi connectivity index (χ1) is 8.33. The lowest BCUT2D eigenvalue weighted by Crippen LogP contribution is -2.00. The van der Waals surface area contributed by atoms with Crippen LogP contribution >= 0.6 is 11.6 Å². The molecule has 0 aromatic heterocycles. The molecule has 2 aromatic rings. The van der Waals surface area contributed by atoms with E-state index >= 15 is 0 Å². The molecule has 2 aromatic carbocycles. The lowest BCUT2D eigenvalue weighted by molar-refractivity contribution is 0.0665. The van der Waals surface area contributed by atoms with Crippen molar-refractivity contribution < 1.29 is 4.74 Å². The topological polar surface area (TPSA) is 9.23 Å². The van der Waals surface area contributed by atoms with Gasteiger partial charge in [0.25, 0.3) is 0 Å². The number of benzene rings is 2. The molecule has 3 rings (SSSR count). The average molecular weight is 245 g/mol. The van der Waals surface area contributed by atoms with E-state index in [4.69, 9.17) is 16.3 Å². The Balaban J connectivity index is 1.81. The van der Waals surface area contributed by atoms with Crippen LogP contribution < -0.4 is 0 Å². The molecule has 0 saturated heterocycles. The zero-order valence-electron chi connectivity index (χ0n) is 9.40. The van der Waals surface area contributed by atoms with E-state index in [1.165, 1.54) is 16.7 Å². The molecule has 0 bridgehead atoms. The zero-order chi connectivity index (χ0) is 11.7. The summed E-state index contributed by atoms with van der Waals surface area (Å²) in [5.74, 6) is 0. The van der Waals surface area contributed by atoms with Crippen LogP contribution in [0.1, 0.15) is 22.8 Å². The number of ether oxygens (including phenoxy) is 1. The molecule has 0 aliphatic carbocycles. The summed E-state index contributed by atoms with van der Waals surface area (Å²) < 4.78 is 5.82. The SMILES string of the molecule is Clc1ccc(CC2OCc3ccccc32)cc1. The second-order valence-electron chi connectivity index (χ2n) is 4.33. The molecule has 1 nitrogen and oxygen atoms in total. The number of halogens is 1. The third-order valence-corrected chi connectivity index (χ3v) is 3.43. The Kier molecular flexibility index (Phi) is 2.87. The molecule has 17 heavy (non-hydrogen) atoms. The van der Waals surface area contributed by atoms with Crippen molar-refractivity contribution in [3.8, 4) is 0 Å². The van der Waals surface area contributed by atoms with Gasteiger partial charge in [0.05, 0.1) is 12.7 Å². The summed E-state index contributed by atoms with van der Waals surface area (Å²) in [4.78, 5) is 0. The fourth-order valence-corrected chi connectivity index (χ4v) is 2.39. The zero-order valence-corrected chi connectivity index (χ0v) is 10.2. The van der Waals surface area contributed by atoms with Gasteiger partial charge in [-0.15, -0.1) is 0 Å². The fourth-order valence-electron chi connectivity index (χ4n) is 2.26. The molecule has 0 spiro atoms. The van der Waals surface area contributed by atoms with Gasteiger partial charge in [-0.1, -0.05) is 48.0 Å². The summed E-state index contributed by atoms with van der Waals surface area (Å²) in [6, 6.07) is 16.4. The van der Waals surface area contributed by atoms with Crippen molar-refractivity contribution in [3.05, 3.63) is 70.2 Å². The minimum atomic E-state index is 0.187. The van der Waals surface area contributed by atoms with Crippen molar-refractivity contribution in [1.82, 2.24) is 0 Å². The average Bonchev–Trinajstić information content (AvgIpc) is 2.76. The van der Waals surface area contributed by atoms with E-state index in [0.29, 0.717) is 0 Å². The molecule has 0 saturated carbocycles. The van der Waals surface area contributed by atoms with Gasteiger partial charge in [-0.3, -0.25) is 0 Å². The Bertz CT molecular complexity index is 519. The fraction of sp³-hybridized carbons (Fsp3) is 0.200. The van der Waals surface area contributed by atoms with E-state index in [2.05, 4.69) is 36.4 Å². The van der Waals surface area contributed by atoms with Crippen molar-refractivity contribution in [2.45, 2.75) is 19.1 Å². The number of hydrogen-bond acceptors (Lipinski definition) is 1. The van der Waals surface area contributed by atoms with Crippen LogP contribution in [0.5, 0.6) is 0 Å². The van der Waals surface area contributed by atoms with Gasteiger partial charge >= 0.3 is 0 Å². The molecule has 0 fully saturated rings. The molecular formula is C15H13ClO. The Morgan fingerprint density at radius 1 is 1.06 bits per heavy atom. The van der Waals surface area contributed by atoms with Crippen LogP contribution in [0.2, 0.25) is 5.02 Å². The second kappa shape index (κ2) is 4.52. The highest BCUT2D eigenvalue weighted by Gasteiger charge is 2.22. The van der Waals surface area contributed by atoms with Crippen molar-refractivity contribution in [2.24, 2.45) is 0 Å². The summed E-state index contributed by atoms with van der Waals surface area (Å²) in [6.07, 6.45) is 1.10. The summed E-state index contributed by atoms with van der Waals surface area (Å²) in [7, 11) is 0. The van der Waals surface area contributed by atoms with Gasteiger partial charge in [0.15, 0.2) is 0 Å². The lowest BCUT2D eigenvalue weighted by atomic mass is 10.00. The quantitative estimate of drug-likeness (QED) is 0.771. The van der Waals surface area contributed by atoms with Crippen molar-refractivity contribution in [2.75, 3.05) is 0 Å². The van der Waals surface area contributed by atoms with Crippen LogP contribution in [0.4, 0.5) is 0 Å². The number of fused-ring (bicyclic) bond motifs is 1. The number of hydrogen-bond donors (Lipinski definition) is 0. The molecule has 1 atom stereocenters. The minimum Gasteiger partial charge on any atom is -0.368 e. The van der Waals surface area contributed by atoms with E-state index in [0.717, 1.165) is 18.1 Å². The first-order valence-corrected chi connectivity index (χ1v) is 6.14. The Morgan fingerprint density at radius 2 is 1.82 bits per heavy atom. The van der Waals surface area contributed by atoms with E-state index in [-0.39, 0.29) is 6.10 Å². The molecular weight excluding hydrogens is 232 g/mol. The van der Waals surface area contributed by atoms with E-state index in [1.807, 2.05) is 12.1 Å². The predicted octanol–water partition coefficient (Wildman–Crippen LogP) is 4.15. The highest BCUT2D eigenvalue weighted by Crippen LogP contribution is 2.32. The Morgan fingerprint density at radius 3 is 2.65 bits per heavy atom. The lowest BCUT2D eigenvalue weighted by Gasteiger charge is -2.11. The van der Waals surface area contributed by atoms with Gasteiger partial charge in [0, 0.05) is 11.4 Å². The molecule has 1 unspecified atom stereocenters. The van der Waals surface area contributed by atoms with Crippen LogP contribution in [0.3, 0.4) is 0 Å². The summed E-state index contributed by atoms with van der Waals surface area (Å²) in [6.45, 7) is 0.731. The van der Waals surface area contributed by atoms with Crippen molar-refractivity contribution in [1.29, 1.82) is 0 Å². The van der Waals surface area contributed by atoms with E-state index in [1.54, 1.807) is 0 Å². The van der Waals surface area contributed by atoms with Gasteiger partial charge in [-0.2, -0.15) is 0 Å². The molecule has 1 aliphatic heterocycles. The highest BCUT2D eigenvalue weighted by atomic mass is 35.5. The standard InChI is InChI=1S/C15H13ClO/c16-13-7-5-11(6-8-13)9-15-14-4-2-1-3-12(14)10-17-15/h1-8,15H,9-10H2. The second-order valence-corrected chi connectivity index (χ2v) is 4.77. The smallest absolute Gasteiger partial charge is 0.0873 e. The molecule has 2 heteroatoms. The first-order valence-electron chi connectivity index (χ1n) is 5.77. The largest absolute Gasteiger partial charge is 0.368 e. The van der Waals surface area contributed by atoms with Gasteiger partial charge in [-0.25, -0.2) is 0 Å². The maximum atomic E-state index is 5.88. The first kappa shape index (κ1) is 10.8. The third kappa shape index (κ3) is 2.21. The molecule has 1 aliphatic rings. The Hall–Kier alpha value is -1.31. The number of rotatable bonds is 2. The minimum absolute atomic E-state index is 0.187. The van der Waals surface area contributed by atoms with Crippen LogP contribution in [-0.4, -0.2) is 0 Å².